The van der Waals surface area contributed by atoms with Crippen molar-refractivity contribution in [3.8, 4) is 0 Å². The van der Waals surface area contributed by atoms with E-state index in [1.165, 1.54) is 7.11 Å². The molecule has 0 saturated heterocycles. The number of carbonyl (C=O) groups is 3. The summed E-state index contributed by atoms with van der Waals surface area (Å²) in [7, 11) is 1.18. The number of carboxylic acid groups (broad SMARTS) is 1. The van der Waals surface area contributed by atoms with Crippen molar-refractivity contribution < 1.29 is 43.1 Å². The Bertz CT molecular complexity index is 830. The SMILES string of the molecule is COC(=O)[N-]/N=C(\CC(=O)CCC(=O)O)c1cccc2ccccc12.[Li+]. The maximum Gasteiger partial charge on any atom is 1.00 e. The molecule has 7 nitrogen and oxygen atoms in total. The second kappa shape index (κ2) is 10.4. The number of fused-ring (bicyclic) bond motifs is 1. The number of benzene rings is 2. The summed E-state index contributed by atoms with van der Waals surface area (Å²) in [5.41, 5.74) is 4.38. The zero-order valence-corrected chi connectivity index (χ0v) is 14.6. The number of nitrogens with zero attached hydrogens (tertiary/aromatic N) is 2. The molecule has 1 amide bonds. The van der Waals surface area contributed by atoms with Gasteiger partial charge in [0.05, 0.1) is 13.5 Å². The second-order valence-electron chi connectivity index (χ2n) is 5.25. The number of aliphatic carboxylic acids is 1. The molecule has 0 atom stereocenters. The smallest absolute Gasteiger partial charge is 0.508 e. The second-order valence-corrected chi connectivity index (χ2v) is 5.25. The van der Waals surface area contributed by atoms with Crippen molar-refractivity contribution in [2.45, 2.75) is 19.3 Å². The summed E-state index contributed by atoms with van der Waals surface area (Å²) < 4.78 is 4.43. The van der Waals surface area contributed by atoms with Gasteiger partial charge in [-0.25, -0.2) is 0 Å². The molecule has 2 aromatic carbocycles. The van der Waals surface area contributed by atoms with Crippen molar-refractivity contribution in [3.63, 3.8) is 0 Å². The molecule has 8 heteroatoms. The van der Waals surface area contributed by atoms with E-state index in [0.29, 0.717) is 5.56 Å². The van der Waals surface area contributed by atoms with Gasteiger partial charge in [0.2, 0.25) is 6.09 Å². The quantitative estimate of drug-likeness (QED) is 0.446. The minimum atomic E-state index is -1.05. The molecular weight excluding hydrogens is 331 g/mol. The van der Waals surface area contributed by atoms with Crippen molar-refractivity contribution in [2.75, 3.05) is 7.11 Å². The molecule has 0 radical (unpaired) electrons. The molecule has 0 aliphatic carbocycles. The third-order valence-electron chi connectivity index (χ3n) is 3.51. The Kier molecular flexibility index (Phi) is 8.56. The molecule has 26 heavy (non-hydrogen) atoms. The van der Waals surface area contributed by atoms with E-state index in [1.54, 1.807) is 6.07 Å². The van der Waals surface area contributed by atoms with Gasteiger partial charge in [0, 0.05) is 24.1 Å². The van der Waals surface area contributed by atoms with Gasteiger partial charge in [-0.15, -0.1) is 0 Å². The Labute approximate surface area is 162 Å². The van der Waals surface area contributed by atoms with Crippen LogP contribution in [0.4, 0.5) is 4.79 Å². The minimum absolute atomic E-state index is 0. The average Bonchev–Trinajstić information content (AvgIpc) is 2.62. The molecule has 0 aromatic heterocycles. The summed E-state index contributed by atoms with van der Waals surface area (Å²) >= 11 is 0. The van der Waals surface area contributed by atoms with Crippen LogP contribution in [0.1, 0.15) is 24.8 Å². The van der Waals surface area contributed by atoms with E-state index < -0.39 is 12.1 Å². The van der Waals surface area contributed by atoms with Crippen LogP contribution in [0.5, 0.6) is 0 Å². The Balaban J connectivity index is 0.00000338. The van der Waals surface area contributed by atoms with Gasteiger partial charge in [-0.2, -0.15) is 0 Å². The van der Waals surface area contributed by atoms with Crippen molar-refractivity contribution in [1.29, 1.82) is 0 Å². The van der Waals surface area contributed by atoms with E-state index in [-0.39, 0.29) is 49.6 Å². The Morgan fingerprint density at radius 3 is 2.46 bits per heavy atom. The van der Waals surface area contributed by atoms with Gasteiger partial charge in [0.1, 0.15) is 5.78 Å². The zero-order valence-electron chi connectivity index (χ0n) is 14.6. The van der Waals surface area contributed by atoms with Crippen LogP contribution in [0.25, 0.3) is 16.2 Å². The molecule has 130 valence electrons. The number of hydrogen-bond donors (Lipinski definition) is 1. The average molecular weight is 348 g/mol. The van der Waals surface area contributed by atoms with Gasteiger partial charge in [-0.3, -0.25) is 14.4 Å². The molecular formula is C18H17LiN2O5. The van der Waals surface area contributed by atoms with Crippen LogP contribution in [0.3, 0.4) is 0 Å². The van der Waals surface area contributed by atoms with E-state index in [4.69, 9.17) is 5.11 Å². The van der Waals surface area contributed by atoms with E-state index >= 15 is 0 Å². The summed E-state index contributed by atoms with van der Waals surface area (Å²) in [6.07, 6.45) is -1.37. The number of rotatable bonds is 7. The maximum atomic E-state index is 12.1. The molecule has 0 saturated carbocycles. The van der Waals surface area contributed by atoms with Crippen molar-refractivity contribution in [1.82, 2.24) is 0 Å². The van der Waals surface area contributed by atoms with Crippen LogP contribution in [-0.4, -0.2) is 35.8 Å². The van der Waals surface area contributed by atoms with Gasteiger partial charge < -0.3 is 20.4 Å². The monoisotopic (exact) mass is 348 g/mol. The van der Waals surface area contributed by atoms with E-state index in [0.717, 1.165) is 10.8 Å². The van der Waals surface area contributed by atoms with Gasteiger partial charge >= 0.3 is 24.8 Å². The van der Waals surface area contributed by atoms with Crippen molar-refractivity contribution in [2.24, 2.45) is 5.10 Å². The molecule has 2 aromatic rings. The first kappa shape index (κ1) is 21.4. The van der Waals surface area contributed by atoms with Gasteiger partial charge in [-0.05, 0) is 10.8 Å². The molecule has 0 unspecified atom stereocenters. The van der Waals surface area contributed by atoms with Crippen LogP contribution in [0, 0.1) is 0 Å². The number of methoxy groups -OCH3 is 1. The minimum Gasteiger partial charge on any atom is -0.508 e. The van der Waals surface area contributed by atoms with Crippen LogP contribution < -0.4 is 18.9 Å². The fourth-order valence-corrected chi connectivity index (χ4v) is 2.33. The van der Waals surface area contributed by atoms with Crippen molar-refractivity contribution >= 4 is 34.3 Å². The molecule has 2 rings (SSSR count). The summed E-state index contributed by atoms with van der Waals surface area (Å²) in [6.45, 7) is 0. The summed E-state index contributed by atoms with van der Waals surface area (Å²) in [4.78, 5) is 34.0. The first-order valence-electron chi connectivity index (χ1n) is 7.58. The number of hydrogen-bond acceptors (Lipinski definition) is 5. The number of ether oxygens (including phenoxy) is 1. The van der Waals surface area contributed by atoms with Gasteiger partial charge in [-0.1, -0.05) is 42.5 Å². The van der Waals surface area contributed by atoms with Crippen LogP contribution in [-0.2, 0) is 14.3 Å². The topological polar surface area (TPSA) is 107 Å². The normalized spacial score (nSPS) is 10.7. The van der Waals surface area contributed by atoms with Crippen molar-refractivity contribution in [3.05, 3.63) is 53.5 Å². The predicted molar refractivity (Wildman–Crippen MR) is 92.7 cm³/mol. The predicted octanol–water partition coefficient (Wildman–Crippen LogP) is 0.512. The Hall–Kier alpha value is -2.62. The summed E-state index contributed by atoms with van der Waals surface area (Å²) in [5.74, 6) is -1.34. The third-order valence-corrected chi connectivity index (χ3v) is 3.51. The summed E-state index contributed by atoms with van der Waals surface area (Å²) in [6, 6.07) is 13.0. The standard InChI is InChI=1S/C18H18N2O5.Li/c1-25-18(24)20-19-16(11-13(21)9-10-17(22)23)15-8-4-6-12-5-2-3-7-14(12)15;/h2-8H,9-11H2,1H3,(H2,20,22,23,24);/q;+1/p-1/b19-16+;. The van der Waals surface area contributed by atoms with E-state index in [2.05, 4.69) is 15.3 Å². The molecule has 0 aliphatic heterocycles. The number of amides is 1. The van der Waals surface area contributed by atoms with Crippen LogP contribution in [0.2, 0.25) is 0 Å². The number of Topliss-reactive ketones (excluding diaryl/α,β-unsaturated/α-hetero) is 1. The first-order chi connectivity index (χ1) is 12.0. The van der Waals surface area contributed by atoms with E-state index in [9.17, 15) is 14.4 Å². The van der Waals surface area contributed by atoms with E-state index in [1.807, 2.05) is 36.4 Å². The van der Waals surface area contributed by atoms with Gasteiger partial charge in [0.25, 0.3) is 0 Å². The molecule has 0 fully saturated rings. The maximum absolute atomic E-state index is 12.1. The first-order valence-corrected chi connectivity index (χ1v) is 7.58. The Morgan fingerprint density at radius 2 is 1.77 bits per heavy atom. The fraction of sp³-hybridized carbons (Fsp3) is 0.222. The van der Waals surface area contributed by atoms with Crippen LogP contribution in [0.15, 0.2) is 47.6 Å². The molecule has 0 heterocycles. The third kappa shape index (κ3) is 6.03. The van der Waals surface area contributed by atoms with Gasteiger partial charge in [0.15, 0.2) is 0 Å². The number of carboxylic acids is 1. The number of carbonyl (C=O) groups excluding carboxylic acids is 2. The molecule has 0 aliphatic rings. The molecule has 0 spiro atoms. The Morgan fingerprint density at radius 1 is 1.08 bits per heavy atom. The van der Waals surface area contributed by atoms with Crippen LogP contribution >= 0.6 is 0 Å². The molecule has 0 bridgehead atoms. The molecule has 1 N–H and O–H groups in total. The summed E-state index contributed by atoms with van der Waals surface area (Å²) in [5, 5.41) is 14.4. The fourth-order valence-electron chi connectivity index (χ4n) is 2.33. The number of ketones is 1. The largest absolute Gasteiger partial charge is 1.00 e. The zero-order chi connectivity index (χ0) is 18.2.